The summed E-state index contributed by atoms with van der Waals surface area (Å²) in [7, 11) is 0. The lowest BCUT2D eigenvalue weighted by atomic mass is 9.96. The fourth-order valence-corrected chi connectivity index (χ4v) is 10.0. The molecular weight excluding hydrogens is 1000 g/mol. The second-order valence-corrected chi connectivity index (χ2v) is 21.1. The lowest BCUT2D eigenvalue weighted by molar-refractivity contribution is -0.149. The first-order chi connectivity index (χ1) is 36.6. The molecule has 15 unspecified atom stereocenters. The number of benzene rings is 1. The van der Waals surface area contributed by atoms with Crippen LogP contribution in [0.4, 0.5) is 0 Å². The van der Waals surface area contributed by atoms with Crippen LogP contribution in [0.25, 0.3) is 0 Å². The molecule has 3 aliphatic heterocycles. The Bertz CT molecular complexity index is 2050. The number of nitrogens with two attached hydrogens (primary N) is 1. The molecule has 3 aliphatic rings. The number of aliphatic hydroxyl groups is 7. The van der Waals surface area contributed by atoms with Gasteiger partial charge in [-0.15, -0.1) is 0 Å². The van der Waals surface area contributed by atoms with Crippen LogP contribution in [0.3, 0.4) is 0 Å². The standard InChI is InChI=1S/C53H88N8O16/c1-5-6-7-8-9-10-11-12-13-14-15-16-17-19-39(67)55-36-27-38(66)51(77-25-18-24-54)59-50(74)43-44(68)30(2)28-61(43)53(76)41(32(4)63)57-49(73)42(46(70)45(69)33-20-22-34(64)23-21-33)58-48(72)37-26-35(65)29-60(37)52(75)40(31(3)62)56-47(36)71/h20-23,30-32,35-38,40-46,51,62-66,68-70H,5-19,24-29,54H2,1-4H3,(H,55,67)(H,56,71)(H,57,73)(H,58,72)(H,59,74). The summed E-state index contributed by atoms with van der Waals surface area (Å²) in [5.41, 5.74) is 5.67. The highest BCUT2D eigenvalue weighted by Crippen LogP contribution is 2.28. The monoisotopic (exact) mass is 1090 g/mol. The van der Waals surface area contributed by atoms with Gasteiger partial charge in [-0.3, -0.25) is 33.6 Å². The number of fused-ring (bicyclic) bond motifs is 2. The lowest BCUT2D eigenvalue weighted by Crippen LogP contribution is -2.64. The second kappa shape index (κ2) is 32.1. The highest BCUT2D eigenvalue weighted by molar-refractivity contribution is 5.98. The Hall–Kier alpha value is -5.05. The number of unbranched alkanes of at least 4 members (excludes halogenated alkanes) is 12. The van der Waals surface area contributed by atoms with Crippen LogP contribution < -0.4 is 32.3 Å². The predicted octanol–water partition coefficient (Wildman–Crippen LogP) is -1.29. The van der Waals surface area contributed by atoms with Crippen LogP contribution in [-0.2, 0) is 38.3 Å². The molecule has 0 aliphatic carbocycles. The van der Waals surface area contributed by atoms with Crippen LogP contribution >= 0.6 is 0 Å². The summed E-state index contributed by atoms with van der Waals surface area (Å²) in [6.45, 7) is 5.09. The third-order valence-corrected chi connectivity index (χ3v) is 14.6. The molecule has 3 heterocycles. The SMILES string of the molecule is CCCCCCCCCCCCCCCC(=O)NC1CC(O)C(OCCCN)NC(=O)C2C(O)C(C)CN2C(=O)C(C(C)O)NC(=O)C(C(O)C(O)c2ccc(O)cc2)NC(=O)C2CC(O)CN2C(=O)C(C(C)O)NC1=O. The average molecular weight is 1090 g/mol. The molecule has 15 atom stereocenters. The zero-order valence-corrected chi connectivity index (χ0v) is 45.1. The average Bonchev–Trinajstić information content (AvgIpc) is 3.94. The molecular formula is C53H88N8O16. The van der Waals surface area contributed by atoms with Crippen molar-refractivity contribution in [3.63, 3.8) is 0 Å². The molecule has 0 spiro atoms. The van der Waals surface area contributed by atoms with Crippen molar-refractivity contribution in [2.24, 2.45) is 11.7 Å². The Balaban J connectivity index is 1.71. The molecule has 3 fully saturated rings. The van der Waals surface area contributed by atoms with Crippen LogP contribution in [-0.4, -0.2) is 197 Å². The summed E-state index contributed by atoms with van der Waals surface area (Å²) in [5, 5.41) is 101. The van der Waals surface area contributed by atoms with E-state index in [0.717, 1.165) is 49.3 Å². The van der Waals surface area contributed by atoms with Gasteiger partial charge in [0.25, 0.3) is 0 Å². The second-order valence-electron chi connectivity index (χ2n) is 21.1. The van der Waals surface area contributed by atoms with E-state index < -0.39 is 152 Å². The zero-order valence-electron chi connectivity index (χ0n) is 45.1. The first-order valence-corrected chi connectivity index (χ1v) is 27.6. The van der Waals surface area contributed by atoms with Gasteiger partial charge in [0, 0.05) is 38.3 Å². The fraction of sp³-hybridized carbons (Fsp3) is 0.755. The minimum atomic E-state index is -2.26. The van der Waals surface area contributed by atoms with Gasteiger partial charge in [-0.05, 0) is 50.9 Å². The Morgan fingerprint density at radius 3 is 1.78 bits per heavy atom. The third kappa shape index (κ3) is 19.1. The maximum Gasteiger partial charge on any atom is 0.248 e. The van der Waals surface area contributed by atoms with Gasteiger partial charge in [0.1, 0.15) is 60.3 Å². The van der Waals surface area contributed by atoms with E-state index in [1.807, 2.05) is 0 Å². The van der Waals surface area contributed by atoms with Crippen LogP contribution in [0.15, 0.2) is 24.3 Å². The van der Waals surface area contributed by atoms with Gasteiger partial charge in [0.2, 0.25) is 41.4 Å². The highest BCUT2D eigenvalue weighted by atomic mass is 16.5. The van der Waals surface area contributed by atoms with Crippen LogP contribution in [0.1, 0.15) is 149 Å². The van der Waals surface area contributed by atoms with Crippen molar-refractivity contribution in [3.05, 3.63) is 29.8 Å². The molecule has 436 valence electrons. The fourth-order valence-electron chi connectivity index (χ4n) is 10.0. The minimum absolute atomic E-state index is 0.0277. The molecule has 1 aromatic rings. The summed E-state index contributed by atoms with van der Waals surface area (Å²) < 4.78 is 5.87. The number of amides is 7. The number of rotatable bonds is 24. The number of phenols is 1. The van der Waals surface area contributed by atoms with Crippen molar-refractivity contribution in [1.82, 2.24) is 36.4 Å². The molecule has 4 rings (SSSR count). The van der Waals surface area contributed by atoms with Gasteiger partial charge in [-0.25, -0.2) is 0 Å². The molecule has 1 aromatic carbocycles. The van der Waals surface area contributed by atoms with Crippen molar-refractivity contribution in [2.45, 2.75) is 222 Å². The summed E-state index contributed by atoms with van der Waals surface area (Å²) >= 11 is 0. The number of hydrogen-bond donors (Lipinski definition) is 14. The van der Waals surface area contributed by atoms with E-state index in [0.29, 0.717) is 12.8 Å². The van der Waals surface area contributed by atoms with Crippen molar-refractivity contribution in [3.8, 4) is 5.75 Å². The molecule has 24 heteroatoms. The predicted molar refractivity (Wildman–Crippen MR) is 279 cm³/mol. The van der Waals surface area contributed by atoms with E-state index in [4.69, 9.17) is 10.5 Å². The molecule has 0 aromatic heterocycles. The molecule has 77 heavy (non-hydrogen) atoms. The molecule has 15 N–H and O–H groups in total. The van der Waals surface area contributed by atoms with E-state index >= 15 is 0 Å². The zero-order chi connectivity index (χ0) is 56.9. The smallest absolute Gasteiger partial charge is 0.248 e. The molecule has 3 saturated heterocycles. The lowest BCUT2D eigenvalue weighted by Gasteiger charge is -2.34. The number of hydrogen-bond acceptors (Lipinski definition) is 17. The van der Waals surface area contributed by atoms with Crippen molar-refractivity contribution in [2.75, 3.05) is 26.2 Å². The van der Waals surface area contributed by atoms with Gasteiger partial charge >= 0.3 is 0 Å². The number of aromatic hydroxyl groups is 1. The summed E-state index contributed by atoms with van der Waals surface area (Å²) in [6, 6.07) is -6.36. The van der Waals surface area contributed by atoms with Gasteiger partial charge < -0.3 is 87.7 Å². The topological polar surface area (TPSA) is 383 Å². The quantitative estimate of drug-likeness (QED) is 0.0536. The normalized spacial score (nSPS) is 28.8. The van der Waals surface area contributed by atoms with E-state index in [1.165, 1.54) is 76.1 Å². The Morgan fingerprint density at radius 1 is 0.688 bits per heavy atom. The number of aliphatic hydroxyl groups excluding tert-OH is 7. The number of phenolic OH excluding ortho intramolecular Hbond substituents is 1. The van der Waals surface area contributed by atoms with Gasteiger partial charge in [-0.1, -0.05) is 103 Å². The number of carbonyl (C=O) groups excluding carboxylic acids is 7. The highest BCUT2D eigenvalue weighted by Gasteiger charge is 2.50. The van der Waals surface area contributed by atoms with Crippen LogP contribution in [0, 0.1) is 5.92 Å². The molecule has 24 nitrogen and oxygen atoms in total. The molecule has 0 bridgehead atoms. The summed E-state index contributed by atoms with van der Waals surface area (Å²) in [4.78, 5) is 102. The van der Waals surface area contributed by atoms with Gasteiger partial charge in [0.15, 0.2) is 6.23 Å². The Labute approximate surface area is 451 Å². The van der Waals surface area contributed by atoms with Gasteiger partial charge in [-0.2, -0.15) is 0 Å². The van der Waals surface area contributed by atoms with Crippen LogP contribution in [0.2, 0.25) is 0 Å². The largest absolute Gasteiger partial charge is 0.508 e. The summed E-state index contributed by atoms with van der Waals surface area (Å²) in [6.07, 6.45) is -1.30. The van der Waals surface area contributed by atoms with Crippen molar-refractivity contribution < 1.29 is 79.2 Å². The first-order valence-electron chi connectivity index (χ1n) is 27.6. The number of nitrogens with one attached hydrogen (secondary N) is 5. The van der Waals surface area contributed by atoms with E-state index in [2.05, 4.69) is 33.5 Å². The maximum absolute atomic E-state index is 14.5. The van der Waals surface area contributed by atoms with Crippen molar-refractivity contribution in [1.29, 1.82) is 0 Å². The van der Waals surface area contributed by atoms with E-state index in [-0.39, 0.29) is 43.9 Å². The van der Waals surface area contributed by atoms with E-state index in [9.17, 15) is 74.4 Å². The summed E-state index contributed by atoms with van der Waals surface area (Å²) in [5.74, 6) is -8.58. The Kier molecular flexibility index (Phi) is 26.9. The van der Waals surface area contributed by atoms with Crippen LogP contribution in [0.5, 0.6) is 5.75 Å². The van der Waals surface area contributed by atoms with E-state index in [1.54, 1.807) is 0 Å². The molecule has 0 radical (unpaired) electrons. The molecule has 0 saturated carbocycles. The Morgan fingerprint density at radius 2 is 1.22 bits per heavy atom. The number of carbonyl (C=O) groups is 7. The number of nitrogens with zero attached hydrogens (tertiary/aromatic N) is 2. The van der Waals surface area contributed by atoms with Gasteiger partial charge in [0.05, 0.1) is 31.0 Å². The minimum Gasteiger partial charge on any atom is -0.508 e. The first kappa shape index (κ1) is 64.5. The molecule has 7 amide bonds. The number of ether oxygens (including phenoxy) is 1. The maximum atomic E-state index is 14.5. The third-order valence-electron chi connectivity index (χ3n) is 14.6. The van der Waals surface area contributed by atoms with Crippen molar-refractivity contribution >= 4 is 41.4 Å².